The molecule has 0 aliphatic carbocycles. The van der Waals surface area contributed by atoms with E-state index in [9.17, 15) is 0 Å². The molecule has 0 heterocycles. The smallest absolute Gasteiger partial charge is 0.119 e. The first kappa shape index (κ1) is 21.0. The van der Waals surface area contributed by atoms with Crippen LogP contribution in [-0.4, -0.2) is 13.2 Å². The number of hydrogen-bond donors (Lipinski definition) is 1. The van der Waals surface area contributed by atoms with Crippen LogP contribution in [0.25, 0.3) is 0 Å². The number of hydrogen-bond acceptors (Lipinski definition) is 2. The molecule has 1 N–H and O–H groups in total. The first-order valence-electron chi connectivity index (χ1n) is 10.3. The molecule has 1 aromatic rings. The van der Waals surface area contributed by atoms with E-state index in [0.29, 0.717) is 0 Å². The Kier molecular flexibility index (Phi) is 13.6. The Morgan fingerprint density at radius 2 is 1.46 bits per heavy atom. The molecule has 0 fully saturated rings. The van der Waals surface area contributed by atoms with Crippen LogP contribution in [0.2, 0.25) is 0 Å². The highest BCUT2D eigenvalue weighted by Crippen LogP contribution is 2.14. The van der Waals surface area contributed by atoms with Crippen LogP contribution in [0.15, 0.2) is 24.3 Å². The summed E-state index contributed by atoms with van der Waals surface area (Å²) in [5.41, 5.74) is 1.32. The topological polar surface area (TPSA) is 21.3 Å². The van der Waals surface area contributed by atoms with E-state index in [2.05, 4.69) is 43.4 Å². The van der Waals surface area contributed by atoms with Crippen LogP contribution in [0.1, 0.15) is 90.0 Å². The molecule has 0 amide bonds. The summed E-state index contributed by atoms with van der Waals surface area (Å²) in [5.74, 6) is 1.02. The van der Waals surface area contributed by atoms with Crippen LogP contribution in [-0.2, 0) is 6.54 Å². The van der Waals surface area contributed by atoms with Gasteiger partial charge in [0, 0.05) is 6.54 Å². The number of nitrogens with one attached hydrogen (secondary N) is 1. The van der Waals surface area contributed by atoms with Crippen molar-refractivity contribution in [1.29, 1.82) is 0 Å². The van der Waals surface area contributed by atoms with Crippen LogP contribution in [0.5, 0.6) is 5.75 Å². The summed E-state index contributed by atoms with van der Waals surface area (Å²) in [6.45, 7) is 7.43. The summed E-state index contributed by atoms with van der Waals surface area (Å²) in [6, 6.07) is 8.54. The van der Waals surface area contributed by atoms with Gasteiger partial charge in [0.25, 0.3) is 0 Å². The van der Waals surface area contributed by atoms with Crippen molar-refractivity contribution >= 4 is 0 Å². The average Bonchev–Trinajstić information content (AvgIpc) is 2.61. The monoisotopic (exact) mass is 333 g/mol. The van der Waals surface area contributed by atoms with E-state index in [1.165, 1.54) is 76.2 Å². The van der Waals surface area contributed by atoms with Gasteiger partial charge in [-0.3, -0.25) is 0 Å². The van der Waals surface area contributed by atoms with E-state index < -0.39 is 0 Å². The van der Waals surface area contributed by atoms with Crippen LogP contribution in [0.4, 0.5) is 0 Å². The van der Waals surface area contributed by atoms with Crippen molar-refractivity contribution in [3.8, 4) is 5.75 Å². The molecule has 0 saturated carbocycles. The van der Waals surface area contributed by atoms with Crippen LogP contribution < -0.4 is 10.1 Å². The third-order valence-corrected chi connectivity index (χ3v) is 4.45. The Bertz CT molecular complexity index is 391. The largest absolute Gasteiger partial charge is 0.494 e. The Labute approximate surface area is 150 Å². The van der Waals surface area contributed by atoms with Crippen LogP contribution in [0.3, 0.4) is 0 Å². The molecule has 2 heteroatoms. The summed E-state index contributed by atoms with van der Waals surface area (Å²) in [5, 5.41) is 3.55. The van der Waals surface area contributed by atoms with Crippen LogP contribution in [0, 0.1) is 0 Å². The zero-order valence-electron chi connectivity index (χ0n) is 16.1. The lowest BCUT2D eigenvalue weighted by Gasteiger charge is -2.09. The zero-order valence-corrected chi connectivity index (χ0v) is 16.1. The van der Waals surface area contributed by atoms with Crippen molar-refractivity contribution in [3.63, 3.8) is 0 Å². The quantitative estimate of drug-likeness (QED) is 0.349. The molecule has 1 aromatic carbocycles. The van der Waals surface area contributed by atoms with Gasteiger partial charge in [0.1, 0.15) is 5.75 Å². The molecule has 2 nitrogen and oxygen atoms in total. The van der Waals surface area contributed by atoms with E-state index in [0.717, 1.165) is 25.4 Å². The summed E-state index contributed by atoms with van der Waals surface area (Å²) in [7, 11) is 0. The van der Waals surface area contributed by atoms with E-state index in [1.54, 1.807) is 0 Å². The summed E-state index contributed by atoms with van der Waals surface area (Å²) in [6.07, 6.45) is 14.6. The second-order valence-electron chi connectivity index (χ2n) is 6.85. The molecule has 0 aliphatic rings. The second kappa shape index (κ2) is 15.5. The Balaban J connectivity index is 2.07. The highest BCUT2D eigenvalue weighted by Gasteiger charge is 1.98. The minimum atomic E-state index is 0.846. The van der Waals surface area contributed by atoms with Crippen molar-refractivity contribution in [2.24, 2.45) is 0 Å². The maximum atomic E-state index is 5.88. The van der Waals surface area contributed by atoms with Gasteiger partial charge in [0.2, 0.25) is 0 Å². The summed E-state index contributed by atoms with van der Waals surface area (Å²) >= 11 is 0. The van der Waals surface area contributed by atoms with Gasteiger partial charge < -0.3 is 10.1 Å². The van der Waals surface area contributed by atoms with E-state index in [4.69, 9.17) is 4.74 Å². The molecule has 0 atom stereocenters. The maximum absolute atomic E-state index is 5.88. The summed E-state index contributed by atoms with van der Waals surface area (Å²) < 4.78 is 5.88. The minimum Gasteiger partial charge on any atom is -0.494 e. The van der Waals surface area contributed by atoms with Crippen molar-refractivity contribution in [3.05, 3.63) is 29.8 Å². The second-order valence-corrected chi connectivity index (χ2v) is 6.85. The number of benzene rings is 1. The number of ether oxygens (including phenoxy) is 1. The summed E-state index contributed by atoms with van der Waals surface area (Å²) in [4.78, 5) is 0. The molecular weight excluding hydrogens is 294 g/mol. The first-order valence-corrected chi connectivity index (χ1v) is 10.3. The van der Waals surface area contributed by atoms with Crippen molar-refractivity contribution in [1.82, 2.24) is 5.32 Å². The van der Waals surface area contributed by atoms with E-state index in [-0.39, 0.29) is 0 Å². The Hall–Kier alpha value is -1.02. The average molecular weight is 334 g/mol. The van der Waals surface area contributed by atoms with E-state index >= 15 is 0 Å². The molecular formula is C22H39NO. The van der Waals surface area contributed by atoms with Crippen molar-refractivity contribution in [2.45, 2.75) is 91.0 Å². The van der Waals surface area contributed by atoms with Gasteiger partial charge in [-0.1, -0.05) is 83.8 Å². The molecule has 138 valence electrons. The predicted molar refractivity (Wildman–Crippen MR) is 106 cm³/mol. The lowest BCUT2D eigenvalue weighted by molar-refractivity contribution is 0.304. The molecule has 0 aliphatic heterocycles. The first-order chi connectivity index (χ1) is 11.9. The van der Waals surface area contributed by atoms with Crippen molar-refractivity contribution in [2.75, 3.05) is 13.2 Å². The number of rotatable bonds is 16. The lowest BCUT2D eigenvalue weighted by atomic mass is 10.1. The van der Waals surface area contributed by atoms with Gasteiger partial charge in [0.15, 0.2) is 0 Å². The number of unbranched alkanes of at least 4 members (excludes halogenated alkanes) is 9. The Morgan fingerprint density at radius 1 is 0.792 bits per heavy atom. The Morgan fingerprint density at radius 3 is 2.21 bits per heavy atom. The molecule has 24 heavy (non-hydrogen) atoms. The van der Waals surface area contributed by atoms with Gasteiger partial charge >= 0.3 is 0 Å². The van der Waals surface area contributed by atoms with Crippen molar-refractivity contribution < 1.29 is 4.74 Å². The fraction of sp³-hybridized carbons (Fsp3) is 0.727. The zero-order chi connectivity index (χ0) is 17.3. The molecule has 0 unspecified atom stereocenters. The van der Waals surface area contributed by atoms with Crippen LogP contribution >= 0.6 is 0 Å². The molecule has 0 saturated heterocycles. The molecule has 1 rings (SSSR count). The third kappa shape index (κ3) is 11.5. The van der Waals surface area contributed by atoms with Gasteiger partial charge in [-0.2, -0.15) is 0 Å². The predicted octanol–water partition coefficient (Wildman–Crippen LogP) is 6.49. The van der Waals surface area contributed by atoms with Gasteiger partial charge in [0.05, 0.1) is 6.61 Å². The standard InChI is InChI=1S/C22H39NO/c1-3-5-7-9-10-12-17-23-20-21-15-14-16-22(19-21)24-18-13-11-8-6-4-2/h14-16,19,23H,3-13,17-18,20H2,1-2H3. The fourth-order valence-electron chi connectivity index (χ4n) is 2.90. The molecule has 0 spiro atoms. The lowest BCUT2D eigenvalue weighted by Crippen LogP contribution is -2.14. The van der Waals surface area contributed by atoms with Gasteiger partial charge in [-0.05, 0) is 37.1 Å². The SMILES string of the molecule is CCCCCCCCNCc1cccc(OCCCCCCC)c1. The third-order valence-electron chi connectivity index (χ3n) is 4.45. The maximum Gasteiger partial charge on any atom is 0.119 e. The highest BCUT2D eigenvalue weighted by atomic mass is 16.5. The molecule has 0 aromatic heterocycles. The fourth-order valence-corrected chi connectivity index (χ4v) is 2.90. The normalized spacial score (nSPS) is 10.9. The molecule has 0 radical (unpaired) electrons. The van der Waals surface area contributed by atoms with E-state index in [1.807, 2.05) is 0 Å². The van der Waals surface area contributed by atoms with Gasteiger partial charge in [-0.15, -0.1) is 0 Å². The minimum absolute atomic E-state index is 0.846. The molecule has 0 bridgehead atoms. The highest BCUT2D eigenvalue weighted by molar-refractivity contribution is 5.28. The van der Waals surface area contributed by atoms with Gasteiger partial charge in [-0.25, -0.2) is 0 Å².